The molecule has 0 saturated carbocycles. The minimum Gasteiger partial charge on any atom is -0.496 e. The van der Waals surface area contributed by atoms with Crippen LogP contribution in [-0.4, -0.2) is 40.1 Å². The number of anilines is 1. The van der Waals surface area contributed by atoms with E-state index in [1.165, 1.54) is 11.8 Å². The number of carbonyl (C=O) groups excluding carboxylic acids is 1. The van der Waals surface area contributed by atoms with Crippen LogP contribution >= 0.6 is 23.5 Å². The average molecular weight is 392 g/mol. The molecule has 1 amide bonds. The standard InChI is InChI=1S/C18H21N3O3S2/c1-24-13-5-3-2-4-12(13)16-15-17(19-14(22)10-26-16)21(20-18(15)23)11-6-8-25-9-7-11/h2-5,11,16H,6-10H2,1H3,(H,19,22)(H,20,23)/t16-/m0/s1. The second kappa shape index (κ2) is 7.44. The average Bonchev–Trinajstić information content (AvgIpc) is 2.88. The fourth-order valence-corrected chi connectivity index (χ4v) is 5.82. The number of aromatic nitrogens is 2. The van der Waals surface area contributed by atoms with Crippen LogP contribution in [0.1, 0.15) is 35.3 Å². The highest BCUT2D eigenvalue weighted by Gasteiger charge is 2.33. The second-order valence-electron chi connectivity index (χ2n) is 6.40. The Morgan fingerprint density at radius 2 is 1.96 bits per heavy atom. The highest BCUT2D eigenvalue weighted by Crippen LogP contribution is 2.44. The van der Waals surface area contributed by atoms with Crippen LogP contribution in [0.4, 0.5) is 5.82 Å². The van der Waals surface area contributed by atoms with Crippen molar-refractivity contribution < 1.29 is 9.53 Å². The number of ether oxygens (including phenoxy) is 1. The minimum atomic E-state index is -0.247. The molecule has 2 aliphatic rings. The molecule has 0 aliphatic carbocycles. The molecule has 2 aromatic rings. The smallest absolute Gasteiger partial charge is 0.270 e. The lowest BCUT2D eigenvalue weighted by Gasteiger charge is -2.24. The Labute approximate surface area is 160 Å². The third-order valence-corrected chi connectivity index (χ3v) is 7.14. The van der Waals surface area contributed by atoms with Gasteiger partial charge in [0.1, 0.15) is 11.6 Å². The highest BCUT2D eigenvalue weighted by atomic mass is 32.2. The lowest BCUT2D eigenvalue weighted by Crippen LogP contribution is -2.22. The van der Waals surface area contributed by atoms with E-state index in [2.05, 4.69) is 10.4 Å². The number of nitrogens with zero attached hydrogens (tertiary/aromatic N) is 1. The van der Waals surface area contributed by atoms with Crippen molar-refractivity contribution in [3.05, 3.63) is 45.7 Å². The molecule has 6 nitrogen and oxygen atoms in total. The molecule has 8 heteroatoms. The van der Waals surface area contributed by atoms with Gasteiger partial charge in [-0.25, -0.2) is 0 Å². The van der Waals surface area contributed by atoms with Gasteiger partial charge in [0.25, 0.3) is 5.56 Å². The number of hydrogen-bond donors (Lipinski definition) is 2. The molecule has 1 fully saturated rings. The van der Waals surface area contributed by atoms with Crippen LogP contribution < -0.4 is 15.6 Å². The Balaban J connectivity index is 1.84. The number of hydrogen-bond acceptors (Lipinski definition) is 5. The van der Waals surface area contributed by atoms with Gasteiger partial charge in [-0.1, -0.05) is 18.2 Å². The van der Waals surface area contributed by atoms with Gasteiger partial charge in [-0.05, 0) is 30.4 Å². The predicted octanol–water partition coefficient (Wildman–Crippen LogP) is 3.03. The van der Waals surface area contributed by atoms with Crippen LogP contribution in [-0.2, 0) is 4.79 Å². The first-order valence-electron chi connectivity index (χ1n) is 8.65. The summed E-state index contributed by atoms with van der Waals surface area (Å²) < 4.78 is 7.40. The zero-order valence-corrected chi connectivity index (χ0v) is 16.1. The molecule has 1 atom stereocenters. The molecule has 2 N–H and O–H groups in total. The maximum absolute atomic E-state index is 12.9. The van der Waals surface area contributed by atoms with Gasteiger partial charge < -0.3 is 10.1 Å². The number of benzene rings is 1. The molecule has 26 heavy (non-hydrogen) atoms. The van der Waals surface area contributed by atoms with Crippen molar-refractivity contribution in [1.82, 2.24) is 9.78 Å². The molecule has 1 aromatic carbocycles. The van der Waals surface area contributed by atoms with Gasteiger partial charge in [-0.3, -0.25) is 19.4 Å². The van der Waals surface area contributed by atoms with E-state index in [9.17, 15) is 9.59 Å². The molecule has 0 unspecified atom stereocenters. The summed E-state index contributed by atoms with van der Waals surface area (Å²) >= 11 is 3.39. The third-order valence-electron chi connectivity index (χ3n) is 4.84. The summed E-state index contributed by atoms with van der Waals surface area (Å²) in [5.74, 6) is 3.71. The van der Waals surface area contributed by atoms with E-state index in [4.69, 9.17) is 4.74 Å². The molecular weight excluding hydrogens is 370 g/mol. The first-order chi connectivity index (χ1) is 12.7. The molecule has 0 spiro atoms. The van der Waals surface area contributed by atoms with E-state index < -0.39 is 0 Å². The number of fused-ring (bicyclic) bond motifs is 1. The van der Waals surface area contributed by atoms with Crippen LogP contribution in [0, 0.1) is 0 Å². The maximum atomic E-state index is 12.9. The molecular formula is C18H21N3O3S2. The Morgan fingerprint density at radius 3 is 2.73 bits per heavy atom. The lowest BCUT2D eigenvalue weighted by atomic mass is 10.0. The van der Waals surface area contributed by atoms with Gasteiger partial charge in [-0.15, -0.1) is 11.8 Å². The van der Waals surface area contributed by atoms with Crippen LogP contribution in [0.3, 0.4) is 0 Å². The summed E-state index contributed by atoms with van der Waals surface area (Å²) in [4.78, 5) is 25.2. The summed E-state index contributed by atoms with van der Waals surface area (Å²) in [7, 11) is 1.62. The van der Waals surface area contributed by atoms with Gasteiger partial charge in [0.15, 0.2) is 0 Å². The molecule has 2 aliphatic heterocycles. The lowest BCUT2D eigenvalue weighted by molar-refractivity contribution is -0.113. The van der Waals surface area contributed by atoms with Crippen molar-refractivity contribution in [3.8, 4) is 5.75 Å². The number of carbonyl (C=O) groups is 1. The Hall–Kier alpha value is -1.80. The van der Waals surface area contributed by atoms with E-state index in [1.807, 2.05) is 40.7 Å². The largest absolute Gasteiger partial charge is 0.496 e. The number of H-pyrrole nitrogens is 1. The molecule has 3 heterocycles. The summed E-state index contributed by atoms with van der Waals surface area (Å²) in [5.41, 5.74) is 1.40. The fourth-order valence-electron chi connectivity index (χ4n) is 3.59. The quantitative estimate of drug-likeness (QED) is 0.841. The minimum absolute atomic E-state index is 0.0772. The van der Waals surface area contributed by atoms with Crippen molar-refractivity contribution in [2.75, 3.05) is 29.7 Å². The van der Waals surface area contributed by atoms with Gasteiger partial charge in [0.2, 0.25) is 5.91 Å². The molecule has 1 saturated heterocycles. The van der Waals surface area contributed by atoms with E-state index in [-0.39, 0.29) is 22.8 Å². The first-order valence-corrected chi connectivity index (χ1v) is 10.9. The van der Waals surface area contributed by atoms with Crippen molar-refractivity contribution in [1.29, 1.82) is 0 Å². The van der Waals surface area contributed by atoms with Crippen molar-refractivity contribution in [3.63, 3.8) is 0 Å². The number of nitrogens with one attached hydrogen (secondary N) is 2. The van der Waals surface area contributed by atoms with E-state index in [1.54, 1.807) is 7.11 Å². The molecule has 0 radical (unpaired) electrons. The molecule has 4 rings (SSSR count). The van der Waals surface area contributed by atoms with Crippen LogP contribution in [0.2, 0.25) is 0 Å². The maximum Gasteiger partial charge on any atom is 0.270 e. The van der Waals surface area contributed by atoms with Crippen molar-refractivity contribution in [2.24, 2.45) is 0 Å². The predicted molar refractivity (Wildman–Crippen MR) is 107 cm³/mol. The van der Waals surface area contributed by atoms with Gasteiger partial charge >= 0.3 is 0 Å². The van der Waals surface area contributed by atoms with Crippen LogP contribution in [0.5, 0.6) is 5.75 Å². The summed E-state index contributed by atoms with van der Waals surface area (Å²) in [6, 6.07) is 7.91. The molecule has 138 valence electrons. The summed E-state index contributed by atoms with van der Waals surface area (Å²) in [6.07, 6.45) is 1.98. The number of para-hydroxylation sites is 1. The number of aromatic amines is 1. The zero-order valence-electron chi connectivity index (χ0n) is 14.5. The van der Waals surface area contributed by atoms with Gasteiger partial charge in [-0.2, -0.15) is 11.8 Å². The number of rotatable bonds is 3. The zero-order chi connectivity index (χ0) is 18.1. The van der Waals surface area contributed by atoms with Crippen LogP contribution in [0.25, 0.3) is 0 Å². The Bertz CT molecular complexity index is 871. The van der Waals surface area contributed by atoms with Crippen molar-refractivity contribution in [2.45, 2.75) is 24.1 Å². The number of methoxy groups -OCH3 is 1. The Kier molecular flexibility index (Phi) is 5.04. The van der Waals surface area contributed by atoms with E-state index in [0.717, 1.165) is 35.7 Å². The summed E-state index contributed by atoms with van der Waals surface area (Å²) in [6.45, 7) is 0. The topological polar surface area (TPSA) is 76.1 Å². The van der Waals surface area contributed by atoms with E-state index >= 15 is 0 Å². The van der Waals surface area contributed by atoms with Crippen molar-refractivity contribution >= 4 is 35.2 Å². The fraction of sp³-hybridized carbons (Fsp3) is 0.444. The normalized spacial score (nSPS) is 21.0. The summed E-state index contributed by atoms with van der Waals surface area (Å²) in [5, 5.41) is 5.72. The SMILES string of the molecule is COc1ccccc1[C@@H]1SCC(=O)Nc2c1c(=O)[nH]n2C1CCSCC1. The van der Waals surface area contributed by atoms with Gasteiger partial charge in [0.05, 0.1) is 29.7 Å². The van der Waals surface area contributed by atoms with Crippen LogP contribution in [0.15, 0.2) is 29.1 Å². The molecule has 1 aromatic heterocycles. The molecule has 0 bridgehead atoms. The Morgan fingerprint density at radius 1 is 1.19 bits per heavy atom. The number of amides is 1. The number of thioether (sulfide) groups is 2. The van der Waals surface area contributed by atoms with E-state index in [0.29, 0.717) is 17.1 Å². The monoisotopic (exact) mass is 391 g/mol. The van der Waals surface area contributed by atoms with Gasteiger partial charge in [0, 0.05) is 5.56 Å². The third kappa shape index (κ3) is 3.16. The first kappa shape index (κ1) is 17.6. The highest BCUT2D eigenvalue weighted by molar-refractivity contribution is 8.00. The second-order valence-corrected chi connectivity index (χ2v) is 8.72.